The molecule has 2 aliphatic heterocycles. The highest BCUT2D eigenvalue weighted by Gasteiger charge is 2.45. The van der Waals surface area contributed by atoms with Gasteiger partial charge >= 0.3 is 11.9 Å². The van der Waals surface area contributed by atoms with Gasteiger partial charge in [-0.15, -0.1) is 0 Å². The predicted molar refractivity (Wildman–Crippen MR) is 122 cm³/mol. The second-order valence-corrected chi connectivity index (χ2v) is 8.06. The van der Waals surface area contributed by atoms with E-state index in [-0.39, 0.29) is 0 Å². The predicted octanol–water partition coefficient (Wildman–Crippen LogP) is 3.82. The summed E-state index contributed by atoms with van der Waals surface area (Å²) in [6, 6.07) is 0. The third kappa shape index (κ3) is 9.06. The van der Waals surface area contributed by atoms with Crippen molar-refractivity contribution < 1.29 is 33.3 Å². The van der Waals surface area contributed by atoms with E-state index < -0.39 is 35.7 Å². The number of hydrogen-bond donors (Lipinski definition) is 0. The van der Waals surface area contributed by atoms with Crippen molar-refractivity contribution >= 4 is 11.9 Å². The largest absolute Gasteiger partial charge is 0.445 e. The molecule has 180 valence electrons. The van der Waals surface area contributed by atoms with Gasteiger partial charge in [0.15, 0.2) is 23.8 Å². The SMILES string of the molecule is C=CC(C#CCC1(OC2(CC#CC(C=C)OC(C)=O)CCCCO2)CCCCO1)OC(C)=O. The van der Waals surface area contributed by atoms with Crippen molar-refractivity contribution in [2.24, 2.45) is 0 Å². The molecule has 33 heavy (non-hydrogen) atoms. The third-order valence-electron chi connectivity index (χ3n) is 5.22. The lowest BCUT2D eigenvalue weighted by atomic mass is 9.98. The first-order valence-electron chi connectivity index (χ1n) is 11.4. The summed E-state index contributed by atoms with van der Waals surface area (Å²) in [5.41, 5.74) is 0. The number of esters is 2. The van der Waals surface area contributed by atoms with Crippen LogP contribution in [0.5, 0.6) is 0 Å². The Hall–Kier alpha value is -2.58. The smallest absolute Gasteiger partial charge is 0.304 e. The lowest BCUT2D eigenvalue weighted by Gasteiger charge is -2.45. The van der Waals surface area contributed by atoms with Crippen molar-refractivity contribution in [1.82, 2.24) is 0 Å². The van der Waals surface area contributed by atoms with E-state index >= 15 is 0 Å². The first kappa shape index (κ1) is 26.7. The fourth-order valence-corrected chi connectivity index (χ4v) is 3.71. The molecule has 0 aliphatic carbocycles. The molecule has 2 fully saturated rings. The molecule has 2 heterocycles. The summed E-state index contributed by atoms with van der Waals surface area (Å²) in [5, 5.41) is 0. The fraction of sp³-hybridized carbons (Fsp3) is 0.615. The second-order valence-electron chi connectivity index (χ2n) is 8.06. The Bertz CT molecular complexity index is 743. The quantitative estimate of drug-likeness (QED) is 0.311. The summed E-state index contributed by atoms with van der Waals surface area (Å²) < 4.78 is 29.0. The van der Waals surface area contributed by atoms with E-state index in [4.69, 9.17) is 23.7 Å². The maximum atomic E-state index is 11.2. The highest BCUT2D eigenvalue weighted by Crippen LogP contribution is 2.39. The molecule has 4 unspecified atom stereocenters. The van der Waals surface area contributed by atoms with Crippen LogP contribution in [0.2, 0.25) is 0 Å². The van der Waals surface area contributed by atoms with Gasteiger partial charge in [0, 0.05) is 26.7 Å². The van der Waals surface area contributed by atoms with Crippen LogP contribution in [-0.2, 0) is 33.3 Å². The van der Waals surface area contributed by atoms with Crippen LogP contribution in [0, 0.1) is 23.7 Å². The second kappa shape index (κ2) is 13.2. The summed E-state index contributed by atoms with van der Waals surface area (Å²) in [5.74, 6) is 9.19. The monoisotopic (exact) mass is 458 g/mol. The lowest BCUT2D eigenvalue weighted by Crippen LogP contribution is -2.50. The highest BCUT2D eigenvalue weighted by molar-refractivity contribution is 5.67. The van der Waals surface area contributed by atoms with Crippen LogP contribution in [0.4, 0.5) is 0 Å². The number of ether oxygens (including phenoxy) is 5. The van der Waals surface area contributed by atoms with Crippen molar-refractivity contribution in [2.75, 3.05) is 13.2 Å². The van der Waals surface area contributed by atoms with Gasteiger partial charge in [-0.05, 0) is 37.8 Å². The van der Waals surface area contributed by atoms with Crippen molar-refractivity contribution in [3.8, 4) is 23.7 Å². The van der Waals surface area contributed by atoms with Gasteiger partial charge in [-0.25, -0.2) is 0 Å². The van der Waals surface area contributed by atoms with Gasteiger partial charge in [-0.2, -0.15) is 0 Å². The van der Waals surface area contributed by atoms with Crippen LogP contribution in [-0.4, -0.2) is 48.9 Å². The Labute approximate surface area is 196 Å². The van der Waals surface area contributed by atoms with Gasteiger partial charge in [0.05, 0.1) is 26.1 Å². The zero-order chi connectivity index (χ0) is 24.2. The Morgan fingerprint density at radius 3 is 1.58 bits per heavy atom. The Morgan fingerprint density at radius 2 is 1.27 bits per heavy atom. The summed E-state index contributed by atoms with van der Waals surface area (Å²) >= 11 is 0. The van der Waals surface area contributed by atoms with Gasteiger partial charge < -0.3 is 23.7 Å². The average Bonchev–Trinajstić information content (AvgIpc) is 2.78. The molecule has 4 atom stereocenters. The molecule has 0 N–H and O–H groups in total. The first-order valence-corrected chi connectivity index (χ1v) is 11.4. The van der Waals surface area contributed by atoms with E-state index in [2.05, 4.69) is 36.8 Å². The third-order valence-corrected chi connectivity index (χ3v) is 5.22. The average molecular weight is 459 g/mol. The molecule has 0 amide bonds. The van der Waals surface area contributed by atoms with Crippen molar-refractivity contribution in [3.63, 3.8) is 0 Å². The van der Waals surface area contributed by atoms with E-state index in [9.17, 15) is 9.59 Å². The molecule has 0 aromatic carbocycles. The summed E-state index contributed by atoms with van der Waals surface area (Å²) in [6.45, 7) is 11.1. The minimum Gasteiger partial charge on any atom is -0.445 e. The van der Waals surface area contributed by atoms with E-state index in [0.29, 0.717) is 38.9 Å². The van der Waals surface area contributed by atoms with Crippen LogP contribution in [0.25, 0.3) is 0 Å². The molecule has 0 aromatic rings. The van der Waals surface area contributed by atoms with Crippen LogP contribution >= 0.6 is 0 Å². The maximum Gasteiger partial charge on any atom is 0.304 e. The molecule has 2 aliphatic rings. The van der Waals surface area contributed by atoms with Crippen LogP contribution in [0.3, 0.4) is 0 Å². The highest BCUT2D eigenvalue weighted by atomic mass is 16.8. The number of rotatable bonds is 8. The summed E-state index contributed by atoms with van der Waals surface area (Å²) in [6.07, 6.45) is 7.24. The van der Waals surface area contributed by atoms with Crippen molar-refractivity contribution in [2.45, 2.75) is 89.0 Å². The van der Waals surface area contributed by atoms with Gasteiger partial charge in [-0.1, -0.05) is 36.8 Å². The van der Waals surface area contributed by atoms with Gasteiger partial charge in [-0.3, -0.25) is 9.59 Å². The number of hydrogen-bond acceptors (Lipinski definition) is 7. The van der Waals surface area contributed by atoms with E-state index in [1.54, 1.807) is 0 Å². The van der Waals surface area contributed by atoms with E-state index in [1.807, 2.05) is 0 Å². The molecule has 0 saturated carbocycles. The molecular weight excluding hydrogens is 424 g/mol. The Kier molecular flexibility index (Phi) is 10.7. The molecule has 0 spiro atoms. The molecule has 0 bridgehead atoms. The van der Waals surface area contributed by atoms with Crippen LogP contribution < -0.4 is 0 Å². The normalized spacial score (nSPS) is 26.2. The lowest BCUT2D eigenvalue weighted by molar-refractivity contribution is -0.373. The molecule has 7 heteroatoms. The fourth-order valence-electron chi connectivity index (χ4n) is 3.71. The zero-order valence-corrected chi connectivity index (χ0v) is 19.7. The molecule has 0 radical (unpaired) electrons. The van der Waals surface area contributed by atoms with Crippen LogP contribution in [0.1, 0.15) is 65.2 Å². The van der Waals surface area contributed by atoms with Gasteiger partial charge in [0.25, 0.3) is 0 Å². The minimum absolute atomic E-state index is 0.292. The number of carbonyl (C=O) groups excluding carboxylic acids is 2. The summed E-state index contributed by atoms with van der Waals surface area (Å²) in [7, 11) is 0. The first-order chi connectivity index (χ1) is 15.8. The van der Waals surface area contributed by atoms with Crippen molar-refractivity contribution in [1.29, 1.82) is 0 Å². The topological polar surface area (TPSA) is 80.3 Å². The molecule has 2 saturated heterocycles. The molecular formula is C26H34O7. The van der Waals surface area contributed by atoms with E-state index in [1.165, 1.54) is 26.0 Å². The van der Waals surface area contributed by atoms with E-state index in [0.717, 1.165) is 25.7 Å². The zero-order valence-electron chi connectivity index (χ0n) is 19.7. The Balaban J connectivity index is 2.20. The Morgan fingerprint density at radius 1 is 0.848 bits per heavy atom. The van der Waals surface area contributed by atoms with Gasteiger partial charge in [0.1, 0.15) is 0 Å². The van der Waals surface area contributed by atoms with Crippen LogP contribution in [0.15, 0.2) is 25.3 Å². The molecule has 2 rings (SSSR count). The molecule has 0 aromatic heterocycles. The number of carbonyl (C=O) groups is 2. The maximum absolute atomic E-state index is 11.2. The molecule has 7 nitrogen and oxygen atoms in total. The minimum atomic E-state index is -0.945. The van der Waals surface area contributed by atoms with Gasteiger partial charge in [0.2, 0.25) is 0 Å². The van der Waals surface area contributed by atoms with Crippen molar-refractivity contribution in [3.05, 3.63) is 25.3 Å². The summed E-state index contributed by atoms with van der Waals surface area (Å²) in [4.78, 5) is 22.4. The standard InChI is InChI=1S/C26H34O7/c1-5-23(31-21(3)27)13-11-17-25(15-7-9-19-29-25)33-26(16-8-10-20-30-26)18-12-14-24(6-2)32-22(4)28/h5-6,23-24H,1-2,7-10,15-20H2,3-4H3.